The van der Waals surface area contributed by atoms with Crippen molar-refractivity contribution in [1.82, 2.24) is 5.32 Å². The standard InChI is InChI=1S/C23H28N2O5/c1-15-11-17(3)23(18(4)12-15)25-20(26)13-24-21(27)14-30-22(28)9-10-29-19-8-6-5-7-16(19)2/h5-8,11-12H,9-10,13-14H2,1-4H3,(H,24,27)(H,25,26). The second-order valence-corrected chi connectivity index (χ2v) is 7.12. The van der Waals surface area contributed by atoms with Gasteiger partial charge in [-0.15, -0.1) is 0 Å². The number of carbonyl (C=O) groups is 3. The molecular weight excluding hydrogens is 384 g/mol. The summed E-state index contributed by atoms with van der Waals surface area (Å²) in [6.07, 6.45) is 0.0219. The lowest BCUT2D eigenvalue weighted by Gasteiger charge is -2.13. The number of carbonyl (C=O) groups excluding carboxylic acids is 3. The van der Waals surface area contributed by atoms with E-state index in [-0.39, 0.29) is 25.5 Å². The average Bonchev–Trinajstić information content (AvgIpc) is 2.69. The maximum Gasteiger partial charge on any atom is 0.309 e. The van der Waals surface area contributed by atoms with Crippen molar-refractivity contribution in [2.75, 3.05) is 25.1 Å². The number of para-hydroxylation sites is 1. The Bertz CT molecular complexity index is 901. The molecule has 2 rings (SSSR count). The second-order valence-electron chi connectivity index (χ2n) is 7.12. The molecule has 7 nitrogen and oxygen atoms in total. The van der Waals surface area contributed by atoms with Gasteiger partial charge in [0.05, 0.1) is 19.6 Å². The summed E-state index contributed by atoms with van der Waals surface area (Å²) >= 11 is 0. The minimum absolute atomic E-state index is 0.0219. The van der Waals surface area contributed by atoms with Crippen LogP contribution in [0.1, 0.15) is 28.7 Å². The first-order chi connectivity index (χ1) is 14.3. The van der Waals surface area contributed by atoms with E-state index in [1.807, 2.05) is 64.1 Å². The third-order valence-corrected chi connectivity index (χ3v) is 4.41. The molecule has 2 aromatic carbocycles. The van der Waals surface area contributed by atoms with Crippen molar-refractivity contribution in [1.29, 1.82) is 0 Å². The fourth-order valence-electron chi connectivity index (χ4n) is 2.97. The summed E-state index contributed by atoms with van der Waals surface area (Å²) in [5.41, 5.74) is 4.73. The van der Waals surface area contributed by atoms with Gasteiger partial charge in [0.25, 0.3) is 5.91 Å². The van der Waals surface area contributed by atoms with Crippen LogP contribution in [0.3, 0.4) is 0 Å². The summed E-state index contributed by atoms with van der Waals surface area (Å²) in [6, 6.07) is 11.4. The van der Waals surface area contributed by atoms with Crippen LogP contribution >= 0.6 is 0 Å². The van der Waals surface area contributed by atoms with Crippen molar-refractivity contribution >= 4 is 23.5 Å². The first kappa shape index (κ1) is 22.9. The van der Waals surface area contributed by atoms with Crippen LogP contribution in [0.2, 0.25) is 0 Å². The summed E-state index contributed by atoms with van der Waals surface area (Å²) in [4.78, 5) is 35.7. The van der Waals surface area contributed by atoms with Gasteiger partial charge in [-0.1, -0.05) is 35.9 Å². The van der Waals surface area contributed by atoms with Crippen molar-refractivity contribution in [3.63, 3.8) is 0 Å². The number of ether oxygens (including phenoxy) is 2. The van der Waals surface area contributed by atoms with Crippen LogP contribution in [0.5, 0.6) is 5.75 Å². The molecule has 30 heavy (non-hydrogen) atoms. The fourth-order valence-corrected chi connectivity index (χ4v) is 2.97. The zero-order valence-electron chi connectivity index (χ0n) is 17.8. The molecule has 0 saturated carbocycles. The second kappa shape index (κ2) is 11.0. The Morgan fingerprint density at radius 2 is 1.57 bits per heavy atom. The maximum atomic E-state index is 12.1. The molecule has 0 aliphatic rings. The predicted molar refractivity (Wildman–Crippen MR) is 115 cm³/mol. The molecule has 0 radical (unpaired) electrons. The smallest absolute Gasteiger partial charge is 0.309 e. The van der Waals surface area contributed by atoms with Gasteiger partial charge in [0.2, 0.25) is 5.91 Å². The molecule has 2 amide bonds. The number of amides is 2. The van der Waals surface area contributed by atoms with Crippen LogP contribution in [0.15, 0.2) is 36.4 Å². The molecule has 0 aliphatic carbocycles. The third kappa shape index (κ3) is 7.24. The van der Waals surface area contributed by atoms with Gasteiger partial charge in [0.1, 0.15) is 5.75 Å². The molecule has 0 unspecified atom stereocenters. The van der Waals surface area contributed by atoms with Gasteiger partial charge in [0, 0.05) is 5.69 Å². The van der Waals surface area contributed by atoms with Crippen LogP contribution < -0.4 is 15.4 Å². The lowest BCUT2D eigenvalue weighted by molar-refractivity contribution is -0.149. The maximum absolute atomic E-state index is 12.1. The zero-order valence-corrected chi connectivity index (χ0v) is 17.8. The molecule has 0 fully saturated rings. The molecule has 0 aliphatic heterocycles. The number of aryl methyl sites for hydroxylation is 4. The van der Waals surface area contributed by atoms with E-state index in [0.717, 1.165) is 27.9 Å². The summed E-state index contributed by atoms with van der Waals surface area (Å²) in [5, 5.41) is 5.23. The van der Waals surface area contributed by atoms with Crippen molar-refractivity contribution in [3.8, 4) is 5.75 Å². The van der Waals surface area contributed by atoms with Gasteiger partial charge in [-0.25, -0.2) is 0 Å². The van der Waals surface area contributed by atoms with Crippen LogP contribution in [-0.4, -0.2) is 37.5 Å². The zero-order chi connectivity index (χ0) is 22.1. The molecule has 0 heterocycles. The number of rotatable bonds is 9. The van der Waals surface area contributed by atoms with E-state index in [1.54, 1.807) is 0 Å². The molecule has 0 saturated heterocycles. The molecule has 2 aromatic rings. The number of hydrogen-bond donors (Lipinski definition) is 2. The van der Waals surface area contributed by atoms with Gasteiger partial charge >= 0.3 is 5.97 Å². The van der Waals surface area contributed by atoms with Gasteiger partial charge in [-0.3, -0.25) is 14.4 Å². The Morgan fingerprint density at radius 1 is 0.900 bits per heavy atom. The van der Waals surface area contributed by atoms with E-state index < -0.39 is 18.5 Å². The minimum Gasteiger partial charge on any atom is -0.493 e. The lowest BCUT2D eigenvalue weighted by Crippen LogP contribution is -2.35. The molecule has 0 atom stereocenters. The van der Waals surface area contributed by atoms with Gasteiger partial charge in [-0.2, -0.15) is 0 Å². The van der Waals surface area contributed by atoms with E-state index in [2.05, 4.69) is 10.6 Å². The highest BCUT2D eigenvalue weighted by atomic mass is 16.5. The molecule has 2 N–H and O–H groups in total. The Labute approximate surface area is 176 Å². The highest BCUT2D eigenvalue weighted by Crippen LogP contribution is 2.21. The highest BCUT2D eigenvalue weighted by molar-refractivity contribution is 5.96. The largest absolute Gasteiger partial charge is 0.493 e. The lowest BCUT2D eigenvalue weighted by atomic mass is 10.1. The Kier molecular flexibility index (Phi) is 8.41. The van der Waals surface area contributed by atoms with E-state index >= 15 is 0 Å². The number of nitrogens with one attached hydrogen (secondary N) is 2. The normalized spacial score (nSPS) is 10.3. The molecule has 0 aromatic heterocycles. The number of anilines is 1. The van der Waals surface area contributed by atoms with Crippen molar-refractivity contribution < 1.29 is 23.9 Å². The van der Waals surface area contributed by atoms with Crippen LogP contribution in [0, 0.1) is 27.7 Å². The van der Waals surface area contributed by atoms with E-state index in [9.17, 15) is 14.4 Å². The highest BCUT2D eigenvalue weighted by Gasteiger charge is 2.12. The van der Waals surface area contributed by atoms with Crippen LogP contribution in [0.25, 0.3) is 0 Å². The van der Waals surface area contributed by atoms with Gasteiger partial charge < -0.3 is 20.1 Å². The quantitative estimate of drug-likeness (QED) is 0.618. The number of benzene rings is 2. The first-order valence-electron chi connectivity index (χ1n) is 9.74. The monoisotopic (exact) mass is 412 g/mol. The predicted octanol–water partition coefficient (Wildman–Crippen LogP) is 2.99. The third-order valence-electron chi connectivity index (χ3n) is 4.41. The number of esters is 1. The average molecular weight is 412 g/mol. The Morgan fingerprint density at radius 3 is 2.23 bits per heavy atom. The van der Waals surface area contributed by atoms with E-state index in [1.165, 1.54) is 0 Å². The first-order valence-corrected chi connectivity index (χ1v) is 9.74. The summed E-state index contributed by atoms with van der Waals surface area (Å²) < 4.78 is 10.4. The van der Waals surface area contributed by atoms with Crippen LogP contribution in [0.4, 0.5) is 5.69 Å². The SMILES string of the molecule is Cc1cc(C)c(NC(=O)CNC(=O)COC(=O)CCOc2ccccc2C)c(C)c1. The van der Waals surface area contributed by atoms with Crippen molar-refractivity contribution in [2.24, 2.45) is 0 Å². The number of hydrogen-bond acceptors (Lipinski definition) is 5. The molecular formula is C23H28N2O5. The molecule has 0 spiro atoms. The van der Waals surface area contributed by atoms with E-state index in [0.29, 0.717) is 5.75 Å². The Hall–Kier alpha value is -3.35. The van der Waals surface area contributed by atoms with Crippen molar-refractivity contribution in [2.45, 2.75) is 34.1 Å². The molecule has 7 heteroatoms. The summed E-state index contributed by atoms with van der Waals surface area (Å²) in [6.45, 7) is 7.23. The summed E-state index contributed by atoms with van der Waals surface area (Å²) in [7, 11) is 0. The van der Waals surface area contributed by atoms with E-state index in [4.69, 9.17) is 9.47 Å². The van der Waals surface area contributed by atoms with Crippen LogP contribution in [-0.2, 0) is 19.1 Å². The van der Waals surface area contributed by atoms with Gasteiger partial charge in [-0.05, 0) is 50.5 Å². The fraction of sp³-hybridized carbons (Fsp3) is 0.348. The topological polar surface area (TPSA) is 93.7 Å². The molecule has 160 valence electrons. The van der Waals surface area contributed by atoms with Gasteiger partial charge in [0.15, 0.2) is 6.61 Å². The minimum atomic E-state index is -0.547. The summed E-state index contributed by atoms with van der Waals surface area (Å²) in [5.74, 6) is -0.741. The van der Waals surface area contributed by atoms with Crippen molar-refractivity contribution in [3.05, 3.63) is 58.7 Å². The Balaban J connectivity index is 1.66. The molecule has 0 bridgehead atoms.